The Morgan fingerprint density at radius 1 is 1.13 bits per heavy atom. The summed E-state index contributed by atoms with van der Waals surface area (Å²) >= 11 is 3.41. The van der Waals surface area contributed by atoms with E-state index in [-0.39, 0.29) is 12.5 Å². The van der Waals surface area contributed by atoms with Crippen molar-refractivity contribution in [2.24, 2.45) is 0 Å². The number of halogens is 1. The highest BCUT2D eigenvalue weighted by Gasteiger charge is 2.29. The van der Waals surface area contributed by atoms with Gasteiger partial charge in [-0.15, -0.1) is 0 Å². The molecule has 0 saturated carbocycles. The van der Waals surface area contributed by atoms with Crippen LogP contribution in [-0.2, 0) is 26.2 Å². The van der Waals surface area contributed by atoms with Crippen molar-refractivity contribution < 1.29 is 18.0 Å². The Morgan fingerprint density at radius 2 is 1.81 bits per heavy atom. The van der Waals surface area contributed by atoms with Crippen molar-refractivity contribution in [2.45, 2.75) is 33.4 Å². The number of anilines is 1. The molecule has 2 amide bonds. The summed E-state index contributed by atoms with van der Waals surface area (Å²) in [5, 5.41) is 2.73. The number of carbonyl (C=O) groups is 2. The molecule has 168 valence electrons. The SMILES string of the molecule is CCNC(=O)[C@H](C)N(Cc1cccc(Br)c1)C(=O)CN(c1cccc(C)c1)S(C)(=O)=O. The molecule has 0 heterocycles. The van der Waals surface area contributed by atoms with Crippen LogP contribution in [0.15, 0.2) is 53.0 Å². The number of sulfonamides is 1. The van der Waals surface area contributed by atoms with Crippen molar-refractivity contribution in [1.82, 2.24) is 10.2 Å². The number of aryl methyl sites for hydroxylation is 1. The first-order valence-corrected chi connectivity index (χ1v) is 12.5. The molecule has 1 N–H and O–H groups in total. The third-order valence-corrected chi connectivity index (χ3v) is 6.36. The number of nitrogens with one attached hydrogen (secondary N) is 1. The first-order valence-electron chi connectivity index (χ1n) is 9.89. The van der Waals surface area contributed by atoms with Gasteiger partial charge in [-0.1, -0.05) is 40.2 Å². The lowest BCUT2D eigenvalue weighted by molar-refractivity contribution is -0.139. The van der Waals surface area contributed by atoms with Crippen LogP contribution in [0, 0.1) is 6.92 Å². The number of likely N-dealkylation sites (N-methyl/N-ethyl adjacent to an activating group) is 1. The summed E-state index contributed by atoms with van der Waals surface area (Å²) in [5.41, 5.74) is 2.10. The van der Waals surface area contributed by atoms with Gasteiger partial charge in [0.15, 0.2) is 0 Å². The zero-order valence-corrected chi connectivity index (χ0v) is 20.5. The third-order valence-electron chi connectivity index (χ3n) is 4.73. The first kappa shape index (κ1) is 24.9. The third kappa shape index (κ3) is 7.07. The molecule has 0 aliphatic carbocycles. The van der Waals surface area contributed by atoms with Gasteiger partial charge >= 0.3 is 0 Å². The molecule has 31 heavy (non-hydrogen) atoms. The highest BCUT2D eigenvalue weighted by atomic mass is 79.9. The smallest absolute Gasteiger partial charge is 0.244 e. The second-order valence-corrected chi connectivity index (χ2v) is 10.2. The van der Waals surface area contributed by atoms with Gasteiger partial charge in [0.05, 0.1) is 11.9 Å². The minimum absolute atomic E-state index is 0.169. The molecule has 2 aromatic rings. The second kappa shape index (κ2) is 10.8. The summed E-state index contributed by atoms with van der Waals surface area (Å²) in [4.78, 5) is 27.2. The molecule has 0 saturated heterocycles. The molecular formula is C22H28BrN3O4S. The van der Waals surface area contributed by atoms with Crippen molar-refractivity contribution in [3.63, 3.8) is 0 Å². The minimum atomic E-state index is -3.72. The Balaban J connectivity index is 2.38. The van der Waals surface area contributed by atoms with Crippen molar-refractivity contribution in [3.05, 3.63) is 64.1 Å². The van der Waals surface area contributed by atoms with Crippen LogP contribution in [0.3, 0.4) is 0 Å². The van der Waals surface area contributed by atoms with Crippen molar-refractivity contribution in [3.8, 4) is 0 Å². The number of amides is 2. The average Bonchev–Trinajstić information content (AvgIpc) is 2.69. The second-order valence-electron chi connectivity index (χ2n) is 7.33. The molecule has 0 aliphatic heterocycles. The monoisotopic (exact) mass is 509 g/mol. The molecule has 0 bridgehead atoms. The van der Waals surface area contributed by atoms with Gasteiger partial charge in [-0.3, -0.25) is 13.9 Å². The summed E-state index contributed by atoms with van der Waals surface area (Å²) in [6.07, 6.45) is 1.06. The fourth-order valence-corrected chi connectivity index (χ4v) is 4.42. The van der Waals surface area contributed by atoms with Crippen LogP contribution in [0.5, 0.6) is 0 Å². The van der Waals surface area contributed by atoms with Crippen molar-refractivity contribution in [2.75, 3.05) is 23.7 Å². The Kier molecular flexibility index (Phi) is 8.64. The van der Waals surface area contributed by atoms with Gasteiger partial charge in [0.2, 0.25) is 21.8 Å². The van der Waals surface area contributed by atoms with Crippen LogP contribution in [0.1, 0.15) is 25.0 Å². The molecule has 0 aliphatic rings. The normalized spacial score (nSPS) is 12.2. The molecule has 0 aromatic heterocycles. The van der Waals surface area contributed by atoms with E-state index in [0.717, 1.165) is 26.2 Å². The zero-order chi connectivity index (χ0) is 23.2. The number of hydrogen-bond donors (Lipinski definition) is 1. The van der Waals surface area contributed by atoms with E-state index >= 15 is 0 Å². The first-order chi connectivity index (χ1) is 14.5. The molecule has 7 nitrogen and oxygen atoms in total. The minimum Gasteiger partial charge on any atom is -0.355 e. The lowest BCUT2D eigenvalue weighted by Gasteiger charge is -2.31. The summed E-state index contributed by atoms with van der Waals surface area (Å²) in [6.45, 7) is 5.48. The Morgan fingerprint density at radius 3 is 2.39 bits per heavy atom. The quantitative estimate of drug-likeness (QED) is 0.562. The van der Waals surface area contributed by atoms with Gasteiger partial charge in [0.25, 0.3) is 0 Å². The molecule has 9 heteroatoms. The highest BCUT2D eigenvalue weighted by molar-refractivity contribution is 9.10. The van der Waals surface area contributed by atoms with Crippen LogP contribution in [0.2, 0.25) is 0 Å². The van der Waals surface area contributed by atoms with Crippen molar-refractivity contribution >= 4 is 43.5 Å². The number of carbonyl (C=O) groups excluding carboxylic acids is 2. The lowest BCUT2D eigenvalue weighted by atomic mass is 10.1. The van der Waals surface area contributed by atoms with Gasteiger partial charge in [-0.05, 0) is 56.2 Å². The van der Waals surface area contributed by atoms with Crippen LogP contribution in [0.25, 0.3) is 0 Å². The van der Waals surface area contributed by atoms with Gasteiger partial charge in [0, 0.05) is 17.6 Å². The van der Waals surface area contributed by atoms with Crippen molar-refractivity contribution in [1.29, 1.82) is 0 Å². The van der Waals surface area contributed by atoms with E-state index in [1.165, 1.54) is 4.90 Å². The topological polar surface area (TPSA) is 86.8 Å². The summed E-state index contributed by atoms with van der Waals surface area (Å²) in [5.74, 6) is -0.766. The highest BCUT2D eigenvalue weighted by Crippen LogP contribution is 2.21. The molecule has 0 radical (unpaired) electrons. The number of nitrogens with zero attached hydrogens (tertiary/aromatic N) is 2. The van der Waals surface area contributed by atoms with E-state index in [0.29, 0.717) is 12.2 Å². The Labute approximate surface area is 192 Å². The van der Waals surface area contributed by atoms with Crippen LogP contribution in [0.4, 0.5) is 5.69 Å². The maximum absolute atomic E-state index is 13.3. The van der Waals surface area contributed by atoms with Gasteiger partial charge in [-0.25, -0.2) is 8.42 Å². The molecule has 0 spiro atoms. The number of rotatable bonds is 9. The van der Waals surface area contributed by atoms with Gasteiger partial charge in [0.1, 0.15) is 12.6 Å². The van der Waals surface area contributed by atoms with E-state index in [4.69, 9.17) is 0 Å². The van der Waals surface area contributed by atoms with E-state index in [2.05, 4.69) is 21.2 Å². The van der Waals surface area contributed by atoms with Crippen LogP contribution >= 0.6 is 15.9 Å². The van der Waals surface area contributed by atoms with Gasteiger partial charge < -0.3 is 10.2 Å². The summed E-state index contributed by atoms with van der Waals surface area (Å²) in [6, 6.07) is 13.6. The van der Waals surface area contributed by atoms with E-state index in [9.17, 15) is 18.0 Å². The predicted molar refractivity (Wildman–Crippen MR) is 126 cm³/mol. The Bertz CT molecular complexity index is 1040. The Hall–Kier alpha value is -2.39. The molecule has 0 fully saturated rings. The fourth-order valence-electron chi connectivity index (χ4n) is 3.13. The van der Waals surface area contributed by atoms with E-state index < -0.39 is 28.5 Å². The molecular weight excluding hydrogens is 482 g/mol. The zero-order valence-electron chi connectivity index (χ0n) is 18.1. The maximum Gasteiger partial charge on any atom is 0.244 e. The molecule has 2 aromatic carbocycles. The average molecular weight is 510 g/mol. The summed E-state index contributed by atoms with van der Waals surface area (Å²) in [7, 11) is -3.72. The van der Waals surface area contributed by atoms with E-state index in [1.807, 2.05) is 37.3 Å². The molecule has 0 unspecified atom stereocenters. The summed E-state index contributed by atoms with van der Waals surface area (Å²) < 4.78 is 26.9. The van der Waals surface area contributed by atoms with Crippen LogP contribution in [-0.4, -0.2) is 50.5 Å². The lowest BCUT2D eigenvalue weighted by Crippen LogP contribution is -2.51. The predicted octanol–water partition coefficient (Wildman–Crippen LogP) is 3.08. The standard InChI is InChI=1S/C22H28BrN3O4S/c1-5-24-22(28)17(3)25(14-18-9-7-10-19(23)13-18)21(27)15-26(31(4,29)30)20-11-6-8-16(2)12-20/h6-13,17H,5,14-15H2,1-4H3,(H,24,28)/t17-/m0/s1. The largest absolute Gasteiger partial charge is 0.355 e. The molecule has 2 rings (SSSR count). The fraction of sp³-hybridized carbons (Fsp3) is 0.364. The van der Waals surface area contributed by atoms with Gasteiger partial charge in [-0.2, -0.15) is 0 Å². The molecule has 1 atom stereocenters. The maximum atomic E-state index is 13.3. The number of hydrogen-bond acceptors (Lipinski definition) is 4. The number of benzene rings is 2. The van der Waals surface area contributed by atoms with Crippen LogP contribution < -0.4 is 9.62 Å². The van der Waals surface area contributed by atoms with E-state index in [1.54, 1.807) is 32.0 Å².